The van der Waals surface area contributed by atoms with Crippen molar-refractivity contribution >= 4 is 21.4 Å². The number of hydrogen-bond acceptors (Lipinski definition) is 5. The van der Waals surface area contributed by atoms with Gasteiger partial charge in [-0.3, -0.25) is 0 Å². The minimum absolute atomic E-state index is 0.319. The molecule has 108 valence electrons. The molecule has 3 N–H and O–H groups in total. The molecule has 0 radical (unpaired) electrons. The lowest BCUT2D eigenvalue weighted by atomic mass is 10.3. The van der Waals surface area contributed by atoms with Crippen LogP contribution >= 0.6 is 11.3 Å². The molecule has 0 bridgehead atoms. The molecular weight excluding hydrogens is 284 g/mol. The molecule has 1 aromatic heterocycles. The first-order valence-corrected chi connectivity index (χ1v) is 8.78. The second kappa shape index (κ2) is 6.81. The van der Waals surface area contributed by atoms with Gasteiger partial charge in [-0.25, -0.2) is 13.1 Å². The van der Waals surface area contributed by atoms with Gasteiger partial charge in [0.15, 0.2) is 0 Å². The molecule has 1 aliphatic carbocycles. The van der Waals surface area contributed by atoms with E-state index in [4.69, 9.17) is 10.5 Å². The second-order valence-corrected chi connectivity index (χ2v) is 7.84. The molecule has 7 heteroatoms. The molecule has 0 saturated heterocycles. The Morgan fingerprint density at radius 3 is 2.89 bits per heavy atom. The zero-order valence-electron chi connectivity index (χ0n) is 10.8. The maximum Gasteiger partial charge on any atom is 0.250 e. The van der Waals surface area contributed by atoms with E-state index >= 15 is 0 Å². The fourth-order valence-electron chi connectivity index (χ4n) is 1.63. The monoisotopic (exact) mass is 304 g/mol. The zero-order chi connectivity index (χ0) is 13.7. The van der Waals surface area contributed by atoms with E-state index in [2.05, 4.69) is 4.72 Å². The minimum Gasteiger partial charge on any atom is -0.380 e. The van der Waals surface area contributed by atoms with E-state index in [9.17, 15) is 8.42 Å². The maximum atomic E-state index is 12.0. The highest BCUT2D eigenvalue weighted by Gasteiger charge is 2.21. The predicted molar refractivity (Wildman–Crippen MR) is 75.8 cm³/mol. The van der Waals surface area contributed by atoms with Crippen molar-refractivity contribution in [1.82, 2.24) is 4.72 Å². The van der Waals surface area contributed by atoms with E-state index in [1.165, 1.54) is 24.2 Å². The summed E-state index contributed by atoms with van der Waals surface area (Å²) in [7, 11) is -3.40. The quantitative estimate of drug-likeness (QED) is 0.666. The number of nitrogens with two attached hydrogens (primary N) is 1. The van der Waals surface area contributed by atoms with Gasteiger partial charge in [-0.15, -0.1) is 11.3 Å². The largest absolute Gasteiger partial charge is 0.380 e. The summed E-state index contributed by atoms with van der Waals surface area (Å²) in [5.41, 5.74) is 5.45. The Bertz CT molecular complexity index is 495. The van der Waals surface area contributed by atoms with Gasteiger partial charge in [-0.05, 0) is 43.9 Å². The van der Waals surface area contributed by atoms with Crippen molar-refractivity contribution in [2.24, 2.45) is 11.7 Å². The molecule has 0 aromatic carbocycles. The van der Waals surface area contributed by atoms with Gasteiger partial charge in [-0.2, -0.15) is 0 Å². The summed E-state index contributed by atoms with van der Waals surface area (Å²) in [6, 6.07) is 3.44. The van der Waals surface area contributed by atoms with Crippen molar-refractivity contribution in [2.75, 3.05) is 26.3 Å². The average Bonchev–Trinajstić information content (AvgIpc) is 3.06. The van der Waals surface area contributed by atoms with E-state index in [0.717, 1.165) is 11.5 Å². The lowest BCUT2D eigenvalue weighted by Gasteiger charge is -2.05. The third kappa shape index (κ3) is 4.85. The van der Waals surface area contributed by atoms with Gasteiger partial charge in [0.25, 0.3) is 0 Å². The van der Waals surface area contributed by atoms with Crippen molar-refractivity contribution in [3.63, 3.8) is 0 Å². The summed E-state index contributed by atoms with van der Waals surface area (Å²) in [4.78, 5) is 0.993. The number of nitrogens with one attached hydrogen (secondary N) is 1. The minimum atomic E-state index is -3.40. The molecule has 1 aromatic rings. The van der Waals surface area contributed by atoms with Gasteiger partial charge in [-0.1, -0.05) is 0 Å². The number of rotatable bonds is 9. The molecule has 1 saturated carbocycles. The molecule has 0 spiro atoms. The Labute approximate surface area is 118 Å². The van der Waals surface area contributed by atoms with E-state index in [0.29, 0.717) is 36.2 Å². The fraction of sp³-hybridized carbons (Fsp3) is 0.667. The molecule has 19 heavy (non-hydrogen) atoms. The number of thiophene rings is 1. The zero-order valence-corrected chi connectivity index (χ0v) is 12.4. The fourth-order valence-corrected chi connectivity index (χ4v) is 4.06. The lowest BCUT2D eigenvalue weighted by Crippen LogP contribution is -2.27. The molecule has 0 aliphatic heterocycles. The molecule has 2 rings (SSSR count). The van der Waals surface area contributed by atoms with Crippen LogP contribution < -0.4 is 10.5 Å². The van der Waals surface area contributed by atoms with Gasteiger partial charge < -0.3 is 10.5 Å². The van der Waals surface area contributed by atoms with Crippen molar-refractivity contribution < 1.29 is 13.2 Å². The second-order valence-electron chi connectivity index (χ2n) is 4.68. The molecule has 1 aliphatic rings. The summed E-state index contributed by atoms with van der Waals surface area (Å²) >= 11 is 1.27. The molecule has 5 nitrogen and oxygen atoms in total. The number of ether oxygens (including phenoxy) is 1. The van der Waals surface area contributed by atoms with Crippen LogP contribution in [0.2, 0.25) is 0 Å². The van der Waals surface area contributed by atoms with Crippen LogP contribution in [0.3, 0.4) is 0 Å². The van der Waals surface area contributed by atoms with E-state index < -0.39 is 10.0 Å². The molecule has 1 heterocycles. The number of sulfonamides is 1. The van der Waals surface area contributed by atoms with E-state index in [1.807, 2.05) is 6.07 Å². The summed E-state index contributed by atoms with van der Waals surface area (Å²) in [6.45, 7) is 2.03. The van der Waals surface area contributed by atoms with Crippen molar-refractivity contribution in [3.05, 3.63) is 17.0 Å². The Morgan fingerprint density at radius 1 is 1.42 bits per heavy atom. The summed E-state index contributed by atoms with van der Waals surface area (Å²) in [5, 5.41) is 0. The lowest BCUT2D eigenvalue weighted by molar-refractivity contribution is 0.129. The molecule has 0 atom stereocenters. The van der Waals surface area contributed by atoms with Crippen LogP contribution in [0, 0.1) is 5.92 Å². The van der Waals surface area contributed by atoms with Crippen molar-refractivity contribution in [2.45, 2.75) is 23.5 Å². The van der Waals surface area contributed by atoms with Gasteiger partial charge in [0.2, 0.25) is 10.0 Å². The Morgan fingerprint density at radius 2 is 2.21 bits per heavy atom. The van der Waals surface area contributed by atoms with Crippen LogP contribution in [-0.2, 0) is 21.2 Å². The molecule has 1 fully saturated rings. The van der Waals surface area contributed by atoms with Crippen LogP contribution in [-0.4, -0.2) is 34.7 Å². The first kappa shape index (κ1) is 14.9. The summed E-state index contributed by atoms with van der Waals surface area (Å²) in [6.07, 6.45) is 3.19. The van der Waals surface area contributed by atoms with Gasteiger partial charge in [0.1, 0.15) is 4.21 Å². The maximum absolute atomic E-state index is 12.0. The van der Waals surface area contributed by atoms with Crippen LogP contribution in [0.25, 0.3) is 0 Å². The van der Waals surface area contributed by atoms with Crippen LogP contribution in [0.1, 0.15) is 17.7 Å². The summed E-state index contributed by atoms with van der Waals surface area (Å²) < 4.78 is 32.2. The summed E-state index contributed by atoms with van der Waals surface area (Å²) in [5.74, 6) is 0.702. The highest BCUT2D eigenvalue weighted by atomic mass is 32.2. The van der Waals surface area contributed by atoms with Crippen LogP contribution in [0.5, 0.6) is 0 Å². The molecule has 0 unspecified atom stereocenters. The predicted octanol–water partition coefficient (Wildman–Crippen LogP) is 0.954. The smallest absolute Gasteiger partial charge is 0.250 e. The van der Waals surface area contributed by atoms with Crippen molar-refractivity contribution in [1.29, 1.82) is 0 Å². The van der Waals surface area contributed by atoms with Crippen LogP contribution in [0.4, 0.5) is 0 Å². The third-order valence-corrected chi connectivity index (χ3v) is 5.98. The average molecular weight is 304 g/mol. The number of hydrogen-bond donors (Lipinski definition) is 2. The van der Waals surface area contributed by atoms with Gasteiger partial charge >= 0.3 is 0 Å². The molecular formula is C12H20N2O3S2. The highest BCUT2D eigenvalue weighted by molar-refractivity contribution is 7.91. The standard InChI is InChI=1S/C12H20N2O3S2/c13-6-5-11-3-4-12(18-11)19(15,16)14-7-8-17-9-10-1-2-10/h3-4,10,14H,1-2,5-9,13H2. The SMILES string of the molecule is NCCc1ccc(S(=O)(=O)NCCOCC2CC2)s1. The first-order valence-electron chi connectivity index (χ1n) is 6.48. The van der Waals surface area contributed by atoms with Crippen molar-refractivity contribution in [3.8, 4) is 0 Å². The third-order valence-electron chi connectivity index (χ3n) is 2.88. The molecule has 0 amide bonds. The van der Waals surface area contributed by atoms with E-state index in [-0.39, 0.29) is 0 Å². The Balaban J connectivity index is 1.75. The highest BCUT2D eigenvalue weighted by Crippen LogP contribution is 2.28. The van der Waals surface area contributed by atoms with Gasteiger partial charge in [0.05, 0.1) is 6.61 Å². The van der Waals surface area contributed by atoms with Crippen LogP contribution in [0.15, 0.2) is 16.3 Å². The normalized spacial score (nSPS) is 15.8. The van der Waals surface area contributed by atoms with E-state index in [1.54, 1.807) is 6.07 Å². The first-order chi connectivity index (χ1) is 9.12. The van der Waals surface area contributed by atoms with Gasteiger partial charge in [0, 0.05) is 18.0 Å². The Kier molecular flexibility index (Phi) is 5.35. The Hall–Kier alpha value is -0.470. The topological polar surface area (TPSA) is 81.4 Å².